The van der Waals surface area contributed by atoms with Gasteiger partial charge in [0.2, 0.25) is 5.95 Å². The maximum absolute atomic E-state index is 9.41. The Labute approximate surface area is 98.9 Å². The number of rotatable bonds is 4. The molecule has 1 unspecified atom stereocenters. The molecule has 0 amide bonds. The minimum Gasteiger partial charge on any atom is -0.392 e. The van der Waals surface area contributed by atoms with Crippen LogP contribution in [0.25, 0.3) is 11.0 Å². The number of nitrogens with zero attached hydrogens (tertiary/aromatic N) is 4. The van der Waals surface area contributed by atoms with E-state index in [1.165, 1.54) is 0 Å². The van der Waals surface area contributed by atoms with Gasteiger partial charge in [0.05, 0.1) is 17.7 Å². The lowest BCUT2D eigenvalue weighted by atomic mass is 10.3. The van der Waals surface area contributed by atoms with E-state index in [0.29, 0.717) is 18.1 Å². The lowest BCUT2D eigenvalue weighted by Gasteiger charge is -2.20. The normalized spacial score (nSPS) is 12.7. The summed E-state index contributed by atoms with van der Waals surface area (Å²) in [5.74, 6) is 1.27. The molecule has 3 N–H and O–H groups in total. The van der Waals surface area contributed by atoms with E-state index in [1.54, 1.807) is 20.2 Å². The van der Waals surface area contributed by atoms with Crippen molar-refractivity contribution in [2.45, 2.75) is 13.0 Å². The number of aromatic nitrogens is 4. The third-order valence-corrected chi connectivity index (χ3v) is 2.41. The Hall–Kier alpha value is -1.89. The van der Waals surface area contributed by atoms with Crippen LogP contribution in [0.1, 0.15) is 6.92 Å². The smallest absolute Gasteiger partial charge is 0.226 e. The van der Waals surface area contributed by atoms with Gasteiger partial charge in [-0.2, -0.15) is 15.1 Å². The number of anilines is 2. The lowest BCUT2D eigenvalue weighted by molar-refractivity contribution is 0.201. The maximum atomic E-state index is 9.41. The first kappa shape index (κ1) is 11.6. The zero-order valence-corrected chi connectivity index (χ0v) is 10.1. The van der Waals surface area contributed by atoms with Gasteiger partial charge in [-0.1, -0.05) is 0 Å². The van der Waals surface area contributed by atoms with Crippen LogP contribution in [0.2, 0.25) is 0 Å². The molecule has 0 aliphatic rings. The van der Waals surface area contributed by atoms with E-state index in [9.17, 15) is 5.11 Å². The quantitative estimate of drug-likeness (QED) is 0.703. The highest BCUT2D eigenvalue weighted by Crippen LogP contribution is 2.22. The molecule has 92 valence electrons. The minimum atomic E-state index is -0.421. The fraction of sp³-hybridized carbons (Fsp3) is 0.500. The van der Waals surface area contributed by atoms with Gasteiger partial charge in [0, 0.05) is 20.6 Å². The van der Waals surface area contributed by atoms with Crippen LogP contribution in [-0.2, 0) is 0 Å². The summed E-state index contributed by atoms with van der Waals surface area (Å²) in [6, 6.07) is 0. The van der Waals surface area contributed by atoms with Crippen molar-refractivity contribution >= 4 is 22.8 Å². The molecule has 0 aromatic carbocycles. The molecule has 7 nitrogen and oxygen atoms in total. The monoisotopic (exact) mass is 236 g/mol. The van der Waals surface area contributed by atoms with Crippen LogP contribution in [0.4, 0.5) is 11.8 Å². The fourth-order valence-electron chi connectivity index (χ4n) is 1.71. The molecule has 2 rings (SSSR count). The molecule has 2 aromatic heterocycles. The largest absolute Gasteiger partial charge is 0.392 e. The second kappa shape index (κ2) is 4.54. The molecule has 7 heteroatoms. The van der Waals surface area contributed by atoms with Crippen molar-refractivity contribution in [3.8, 4) is 0 Å². The molecule has 0 saturated heterocycles. The number of nitrogens with one attached hydrogen (secondary N) is 2. The number of aliphatic hydroxyl groups excluding tert-OH is 1. The molecular weight excluding hydrogens is 220 g/mol. The van der Waals surface area contributed by atoms with E-state index in [-0.39, 0.29) is 0 Å². The van der Waals surface area contributed by atoms with Gasteiger partial charge in [-0.15, -0.1) is 0 Å². The minimum absolute atomic E-state index is 0.421. The average molecular weight is 236 g/mol. The van der Waals surface area contributed by atoms with Crippen molar-refractivity contribution in [1.29, 1.82) is 0 Å². The standard InChI is InChI=1S/C10H16N6O/c1-6(17)5-16(3)9-7-4-12-15-8(7)13-10(11-2)14-9/h4,6,17H,5H2,1-3H3,(H2,11,12,13,14,15). The van der Waals surface area contributed by atoms with Crippen LogP contribution in [0, 0.1) is 0 Å². The highest BCUT2D eigenvalue weighted by atomic mass is 16.3. The summed E-state index contributed by atoms with van der Waals surface area (Å²) in [7, 11) is 3.64. The predicted octanol–water partition coefficient (Wildman–Crippen LogP) is 0.212. The molecule has 0 radical (unpaired) electrons. The van der Waals surface area contributed by atoms with Crippen molar-refractivity contribution in [2.75, 3.05) is 30.9 Å². The molecule has 1 atom stereocenters. The molecule has 0 spiro atoms. The Balaban J connectivity index is 2.46. The Bertz CT molecular complexity index is 508. The highest BCUT2D eigenvalue weighted by molar-refractivity contribution is 5.87. The molecule has 17 heavy (non-hydrogen) atoms. The molecule has 2 aromatic rings. The third kappa shape index (κ3) is 2.28. The molecule has 0 aliphatic heterocycles. The summed E-state index contributed by atoms with van der Waals surface area (Å²) in [6.45, 7) is 2.24. The van der Waals surface area contributed by atoms with Crippen LogP contribution in [0.15, 0.2) is 6.20 Å². The Morgan fingerprint density at radius 2 is 2.29 bits per heavy atom. The number of H-pyrrole nitrogens is 1. The van der Waals surface area contributed by atoms with E-state index < -0.39 is 6.10 Å². The molecule has 2 heterocycles. The van der Waals surface area contributed by atoms with Crippen LogP contribution >= 0.6 is 0 Å². The molecular formula is C10H16N6O. The SMILES string of the molecule is CNc1nc(N(C)CC(C)O)c2cn[nH]c2n1. The average Bonchev–Trinajstić information content (AvgIpc) is 2.74. The van der Waals surface area contributed by atoms with E-state index in [0.717, 1.165) is 11.2 Å². The Kier molecular flexibility index (Phi) is 3.10. The van der Waals surface area contributed by atoms with Crippen molar-refractivity contribution < 1.29 is 5.11 Å². The molecule has 0 bridgehead atoms. The number of fused-ring (bicyclic) bond motifs is 1. The van der Waals surface area contributed by atoms with Gasteiger partial charge < -0.3 is 15.3 Å². The van der Waals surface area contributed by atoms with Gasteiger partial charge in [0.15, 0.2) is 5.65 Å². The van der Waals surface area contributed by atoms with Crippen molar-refractivity contribution in [3.05, 3.63) is 6.20 Å². The first-order valence-electron chi connectivity index (χ1n) is 5.40. The Morgan fingerprint density at radius 1 is 1.53 bits per heavy atom. The highest BCUT2D eigenvalue weighted by Gasteiger charge is 2.13. The van der Waals surface area contributed by atoms with Gasteiger partial charge in [0.25, 0.3) is 0 Å². The van der Waals surface area contributed by atoms with Gasteiger partial charge in [-0.05, 0) is 6.92 Å². The van der Waals surface area contributed by atoms with Gasteiger partial charge >= 0.3 is 0 Å². The summed E-state index contributed by atoms with van der Waals surface area (Å²) in [5, 5.41) is 19.9. The second-order valence-electron chi connectivity index (χ2n) is 3.98. The summed E-state index contributed by atoms with van der Waals surface area (Å²) in [6.07, 6.45) is 1.26. The van der Waals surface area contributed by atoms with Gasteiger partial charge in [-0.25, -0.2) is 0 Å². The van der Waals surface area contributed by atoms with Crippen molar-refractivity contribution in [1.82, 2.24) is 20.2 Å². The zero-order chi connectivity index (χ0) is 12.4. The van der Waals surface area contributed by atoms with Crippen LogP contribution in [-0.4, -0.2) is 52.0 Å². The molecule has 0 saturated carbocycles. The molecule has 0 aliphatic carbocycles. The summed E-state index contributed by atoms with van der Waals surface area (Å²) in [4.78, 5) is 10.5. The lowest BCUT2D eigenvalue weighted by Crippen LogP contribution is -2.28. The number of aromatic amines is 1. The van der Waals surface area contributed by atoms with Gasteiger partial charge in [0.1, 0.15) is 5.82 Å². The summed E-state index contributed by atoms with van der Waals surface area (Å²) in [5.41, 5.74) is 0.678. The number of likely N-dealkylation sites (N-methyl/N-ethyl adjacent to an activating group) is 1. The first-order chi connectivity index (χ1) is 8.11. The van der Waals surface area contributed by atoms with E-state index in [2.05, 4.69) is 25.5 Å². The zero-order valence-electron chi connectivity index (χ0n) is 10.1. The topological polar surface area (TPSA) is 90.0 Å². The van der Waals surface area contributed by atoms with Crippen LogP contribution in [0.5, 0.6) is 0 Å². The first-order valence-corrected chi connectivity index (χ1v) is 5.40. The number of hydrogen-bond acceptors (Lipinski definition) is 6. The van der Waals surface area contributed by atoms with E-state index in [4.69, 9.17) is 0 Å². The summed E-state index contributed by atoms with van der Waals surface area (Å²) >= 11 is 0. The second-order valence-corrected chi connectivity index (χ2v) is 3.98. The Morgan fingerprint density at radius 3 is 2.94 bits per heavy atom. The summed E-state index contributed by atoms with van der Waals surface area (Å²) < 4.78 is 0. The number of aliphatic hydroxyl groups is 1. The number of hydrogen-bond donors (Lipinski definition) is 3. The van der Waals surface area contributed by atoms with Crippen molar-refractivity contribution in [3.63, 3.8) is 0 Å². The van der Waals surface area contributed by atoms with Crippen molar-refractivity contribution in [2.24, 2.45) is 0 Å². The van der Waals surface area contributed by atoms with Crippen LogP contribution in [0.3, 0.4) is 0 Å². The predicted molar refractivity (Wildman–Crippen MR) is 66.2 cm³/mol. The maximum Gasteiger partial charge on any atom is 0.226 e. The van der Waals surface area contributed by atoms with E-state index in [1.807, 2.05) is 11.9 Å². The van der Waals surface area contributed by atoms with Gasteiger partial charge in [-0.3, -0.25) is 5.10 Å². The molecule has 0 fully saturated rings. The fourth-order valence-corrected chi connectivity index (χ4v) is 1.71. The van der Waals surface area contributed by atoms with E-state index >= 15 is 0 Å². The van der Waals surface area contributed by atoms with Crippen LogP contribution < -0.4 is 10.2 Å². The third-order valence-electron chi connectivity index (χ3n) is 2.41.